The molecule has 3 rings (SSSR count). The number of hydrogen-bond donors (Lipinski definition) is 4. The van der Waals surface area contributed by atoms with Gasteiger partial charge in [-0.15, -0.1) is 0 Å². The molecule has 230 valence electrons. The maximum Gasteiger partial charge on any atom is 0.408 e. The van der Waals surface area contributed by atoms with E-state index in [0.29, 0.717) is 22.6 Å². The number of methoxy groups -OCH3 is 1. The Hall–Kier alpha value is -4.57. The van der Waals surface area contributed by atoms with E-state index in [-0.39, 0.29) is 18.7 Å². The maximum atomic E-state index is 14.3. The van der Waals surface area contributed by atoms with Gasteiger partial charge in [0.2, 0.25) is 5.91 Å². The van der Waals surface area contributed by atoms with Crippen molar-refractivity contribution in [2.45, 2.75) is 58.7 Å². The molecule has 0 aliphatic rings. The Labute approximate surface area is 252 Å². The molecule has 4 N–H and O–H groups in total. The number of aliphatic hydroxyl groups is 1. The Morgan fingerprint density at radius 2 is 1.58 bits per heavy atom. The zero-order valence-corrected chi connectivity index (χ0v) is 25.5. The summed E-state index contributed by atoms with van der Waals surface area (Å²) < 4.78 is 10.6. The van der Waals surface area contributed by atoms with Crippen molar-refractivity contribution < 1.29 is 34.1 Å². The maximum absolute atomic E-state index is 14.3. The predicted octanol–water partition coefficient (Wildman–Crippen LogP) is 4.65. The first-order chi connectivity index (χ1) is 20.3. The molecule has 0 saturated heterocycles. The molecule has 0 spiro atoms. The number of aromatic hydroxyl groups is 1. The number of benzene rings is 3. The van der Waals surface area contributed by atoms with Crippen LogP contribution in [0, 0.1) is 13.8 Å². The molecule has 0 aliphatic carbocycles. The summed E-state index contributed by atoms with van der Waals surface area (Å²) in [6, 6.07) is 16.2. The number of nitrogens with one attached hydrogen (secondary N) is 2. The quantitative estimate of drug-likeness (QED) is 0.255. The van der Waals surface area contributed by atoms with E-state index in [9.17, 15) is 24.6 Å². The van der Waals surface area contributed by atoms with Crippen molar-refractivity contribution in [2.75, 3.05) is 25.6 Å². The lowest BCUT2D eigenvalue weighted by molar-refractivity contribution is -0.141. The van der Waals surface area contributed by atoms with Gasteiger partial charge in [-0.2, -0.15) is 0 Å². The van der Waals surface area contributed by atoms with Gasteiger partial charge < -0.3 is 35.2 Å². The van der Waals surface area contributed by atoms with Crippen LogP contribution < -0.4 is 15.4 Å². The number of alkyl carbamates (subject to hydrolysis) is 1. The number of amides is 3. The average molecular weight is 592 g/mol. The third-order valence-corrected chi connectivity index (χ3v) is 6.75. The van der Waals surface area contributed by atoms with Crippen molar-refractivity contribution in [1.29, 1.82) is 0 Å². The van der Waals surface area contributed by atoms with Crippen LogP contribution in [0.4, 0.5) is 10.5 Å². The Bertz CT molecular complexity index is 1400. The number of phenols is 1. The van der Waals surface area contributed by atoms with E-state index in [1.165, 1.54) is 17.0 Å². The van der Waals surface area contributed by atoms with Crippen LogP contribution in [0.3, 0.4) is 0 Å². The Balaban J connectivity index is 2.05. The summed E-state index contributed by atoms with van der Waals surface area (Å²) >= 11 is 0. The molecular formula is C33H41N3O7. The Morgan fingerprint density at radius 3 is 2.14 bits per heavy atom. The van der Waals surface area contributed by atoms with Crippen molar-refractivity contribution >= 4 is 23.6 Å². The van der Waals surface area contributed by atoms with Crippen LogP contribution in [0.15, 0.2) is 66.7 Å². The number of aliphatic hydroxyl groups excluding tert-OH is 1. The lowest BCUT2D eigenvalue weighted by Crippen LogP contribution is -2.53. The first kappa shape index (κ1) is 32.9. The third kappa shape index (κ3) is 9.47. The zero-order valence-electron chi connectivity index (χ0n) is 25.5. The predicted molar refractivity (Wildman–Crippen MR) is 164 cm³/mol. The summed E-state index contributed by atoms with van der Waals surface area (Å²) in [6.45, 7) is 8.37. The van der Waals surface area contributed by atoms with Crippen LogP contribution in [0.5, 0.6) is 11.5 Å². The van der Waals surface area contributed by atoms with Gasteiger partial charge in [-0.25, -0.2) is 4.79 Å². The molecule has 0 bridgehead atoms. The number of nitrogens with zero attached hydrogens (tertiary/aromatic N) is 1. The molecule has 0 aliphatic heterocycles. The zero-order chi connectivity index (χ0) is 31.7. The molecule has 3 aromatic carbocycles. The van der Waals surface area contributed by atoms with E-state index < -0.39 is 42.2 Å². The first-order valence-corrected chi connectivity index (χ1v) is 14.0. The fourth-order valence-corrected chi connectivity index (χ4v) is 4.48. The summed E-state index contributed by atoms with van der Waals surface area (Å²) in [4.78, 5) is 42.4. The van der Waals surface area contributed by atoms with Gasteiger partial charge in [0.1, 0.15) is 29.2 Å². The minimum Gasteiger partial charge on any atom is -0.508 e. The van der Waals surface area contributed by atoms with Gasteiger partial charge in [-0.3, -0.25) is 9.59 Å². The molecule has 43 heavy (non-hydrogen) atoms. The number of hydrogen-bond acceptors (Lipinski definition) is 7. The van der Waals surface area contributed by atoms with E-state index in [1.807, 2.05) is 26.0 Å². The molecule has 0 saturated carbocycles. The average Bonchev–Trinajstić information content (AvgIpc) is 2.94. The number of phenolic OH excluding ortho intramolecular Hbond substituents is 1. The van der Waals surface area contributed by atoms with Gasteiger partial charge in [-0.05, 0) is 93.3 Å². The standard InChI is InChI=1S/C33H41N3O7/c1-21-7-10-24(19-22(21)2)29(30(39)34-25-11-15-27(42-6)16-12-25)36(17-18-37)31(40)28(35-32(41)43-33(3,4)5)20-23-8-13-26(38)14-9-23/h7-16,19,28-29,37-38H,17-18,20H2,1-6H3,(H,34,39)(H,35,41). The minimum atomic E-state index is -1.16. The molecule has 0 fully saturated rings. The third-order valence-electron chi connectivity index (χ3n) is 6.75. The van der Waals surface area contributed by atoms with Crippen LogP contribution in [0.2, 0.25) is 0 Å². The van der Waals surface area contributed by atoms with Crippen LogP contribution in [-0.2, 0) is 20.7 Å². The molecule has 0 heterocycles. The number of rotatable bonds is 11. The number of carbonyl (C=O) groups is 3. The number of ether oxygens (including phenoxy) is 2. The minimum absolute atomic E-state index is 0.0417. The smallest absolute Gasteiger partial charge is 0.408 e. The van der Waals surface area contributed by atoms with Gasteiger partial charge in [-0.1, -0.05) is 30.3 Å². The van der Waals surface area contributed by atoms with Gasteiger partial charge >= 0.3 is 6.09 Å². The lowest BCUT2D eigenvalue weighted by Gasteiger charge is -2.34. The van der Waals surface area contributed by atoms with Gasteiger partial charge in [0.05, 0.1) is 13.7 Å². The molecule has 3 aromatic rings. The SMILES string of the molecule is COc1ccc(NC(=O)C(c2ccc(C)c(C)c2)N(CCO)C(=O)C(Cc2ccc(O)cc2)NC(=O)OC(C)(C)C)cc1. The summed E-state index contributed by atoms with van der Waals surface area (Å²) in [7, 11) is 1.54. The second-order valence-electron chi connectivity index (χ2n) is 11.3. The molecule has 10 nitrogen and oxygen atoms in total. The van der Waals surface area contributed by atoms with Crippen LogP contribution >= 0.6 is 0 Å². The highest BCUT2D eigenvalue weighted by atomic mass is 16.6. The molecule has 3 amide bonds. The van der Waals surface area contributed by atoms with E-state index in [2.05, 4.69) is 10.6 Å². The second-order valence-corrected chi connectivity index (χ2v) is 11.3. The normalized spacial score (nSPS) is 12.5. The van der Waals surface area contributed by atoms with E-state index >= 15 is 0 Å². The van der Waals surface area contributed by atoms with Crippen molar-refractivity contribution in [3.8, 4) is 11.5 Å². The van der Waals surface area contributed by atoms with Gasteiger partial charge in [0, 0.05) is 18.7 Å². The highest BCUT2D eigenvalue weighted by molar-refractivity contribution is 5.99. The lowest BCUT2D eigenvalue weighted by atomic mass is 9.97. The number of anilines is 1. The summed E-state index contributed by atoms with van der Waals surface area (Å²) in [5.74, 6) is -0.429. The topological polar surface area (TPSA) is 137 Å². The van der Waals surface area contributed by atoms with E-state index in [1.54, 1.807) is 70.3 Å². The van der Waals surface area contributed by atoms with Crippen LogP contribution in [0.25, 0.3) is 0 Å². The Kier molecular flexibility index (Phi) is 11.1. The Morgan fingerprint density at radius 1 is 0.930 bits per heavy atom. The van der Waals surface area contributed by atoms with Gasteiger partial charge in [0.25, 0.3) is 5.91 Å². The molecule has 10 heteroatoms. The van der Waals surface area contributed by atoms with E-state index in [4.69, 9.17) is 9.47 Å². The fraction of sp³-hybridized carbons (Fsp3) is 0.364. The molecule has 0 radical (unpaired) electrons. The summed E-state index contributed by atoms with van der Waals surface area (Å²) in [6.07, 6.45) is -0.765. The number of aryl methyl sites for hydroxylation is 2. The summed E-state index contributed by atoms with van der Waals surface area (Å²) in [5, 5.41) is 25.3. The molecule has 0 aromatic heterocycles. The van der Waals surface area contributed by atoms with Crippen molar-refractivity contribution in [3.05, 3.63) is 89.0 Å². The fourth-order valence-electron chi connectivity index (χ4n) is 4.48. The molecule has 2 unspecified atom stereocenters. The van der Waals surface area contributed by atoms with Crippen molar-refractivity contribution in [1.82, 2.24) is 10.2 Å². The molecule has 2 atom stereocenters. The van der Waals surface area contributed by atoms with Crippen LogP contribution in [0.1, 0.15) is 49.1 Å². The van der Waals surface area contributed by atoms with Crippen LogP contribution in [-0.4, -0.2) is 64.9 Å². The van der Waals surface area contributed by atoms with Crippen molar-refractivity contribution in [3.63, 3.8) is 0 Å². The second kappa shape index (κ2) is 14.6. The van der Waals surface area contributed by atoms with E-state index in [0.717, 1.165) is 11.1 Å². The van der Waals surface area contributed by atoms with Crippen molar-refractivity contribution in [2.24, 2.45) is 0 Å². The first-order valence-electron chi connectivity index (χ1n) is 14.0. The van der Waals surface area contributed by atoms with Gasteiger partial charge in [0.15, 0.2) is 0 Å². The monoisotopic (exact) mass is 591 g/mol. The highest BCUT2D eigenvalue weighted by Gasteiger charge is 2.36. The number of carbonyl (C=O) groups excluding carboxylic acids is 3. The largest absolute Gasteiger partial charge is 0.508 e. The summed E-state index contributed by atoms with van der Waals surface area (Å²) in [5.41, 5.74) is 2.79. The highest BCUT2D eigenvalue weighted by Crippen LogP contribution is 2.27. The molecular weight excluding hydrogens is 550 g/mol.